The van der Waals surface area contributed by atoms with E-state index in [1.807, 2.05) is 23.2 Å². The van der Waals surface area contributed by atoms with Crippen molar-refractivity contribution in [2.75, 3.05) is 13.1 Å². The fourth-order valence-electron chi connectivity index (χ4n) is 2.77. The second-order valence-corrected chi connectivity index (χ2v) is 6.80. The van der Waals surface area contributed by atoms with Crippen LogP contribution in [0.5, 0.6) is 0 Å². The summed E-state index contributed by atoms with van der Waals surface area (Å²) in [6.45, 7) is 3.39. The van der Waals surface area contributed by atoms with E-state index in [1.165, 1.54) is 11.3 Å². The van der Waals surface area contributed by atoms with Crippen LogP contribution in [0.15, 0.2) is 17.5 Å². The molecule has 0 aliphatic carbocycles. The van der Waals surface area contributed by atoms with Crippen LogP contribution in [-0.4, -0.2) is 35.1 Å². The summed E-state index contributed by atoms with van der Waals surface area (Å²) in [5, 5.41) is 11.7. The van der Waals surface area contributed by atoms with Crippen LogP contribution in [0.4, 0.5) is 0 Å². The molecule has 0 saturated carbocycles. The molecule has 0 aromatic carbocycles. The monoisotopic (exact) mass is 295 g/mol. The number of hydrogen-bond donors (Lipinski definition) is 1. The molecule has 1 N–H and O–H groups in total. The van der Waals surface area contributed by atoms with Gasteiger partial charge in [-0.15, -0.1) is 11.3 Å². The molecule has 1 aliphatic rings. The number of aliphatic hydroxyl groups is 1. The Balaban J connectivity index is 1.56. The lowest BCUT2D eigenvalue weighted by Crippen LogP contribution is -2.30. The topological polar surface area (TPSA) is 40.5 Å². The van der Waals surface area contributed by atoms with E-state index in [1.54, 1.807) is 0 Å². The molecule has 1 aliphatic heterocycles. The third kappa shape index (κ3) is 4.60. The number of aryl methyl sites for hydroxylation is 1. The molecule has 2 unspecified atom stereocenters. The molecule has 20 heavy (non-hydrogen) atoms. The highest BCUT2D eigenvalue weighted by molar-refractivity contribution is 7.09. The van der Waals surface area contributed by atoms with Gasteiger partial charge < -0.3 is 10.0 Å². The molecule has 1 amide bonds. The maximum atomic E-state index is 12.1. The first-order valence-electron chi connectivity index (χ1n) is 7.65. The number of carbonyl (C=O) groups is 1. The highest BCUT2D eigenvalue weighted by Gasteiger charge is 2.28. The van der Waals surface area contributed by atoms with Crippen LogP contribution >= 0.6 is 11.3 Å². The first-order valence-corrected chi connectivity index (χ1v) is 8.53. The largest absolute Gasteiger partial charge is 0.393 e. The van der Waals surface area contributed by atoms with Gasteiger partial charge in [-0.25, -0.2) is 0 Å². The molecule has 2 heterocycles. The molecule has 4 heteroatoms. The maximum Gasteiger partial charge on any atom is 0.222 e. The van der Waals surface area contributed by atoms with E-state index < -0.39 is 0 Å². The number of unbranched alkanes of at least 4 members (excludes halogenated alkanes) is 2. The molecular formula is C16H25NO2S. The highest BCUT2D eigenvalue weighted by atomic mass is 32.1. The molecule has 2 atom stereocenters. The minimum absolute atomic E-state index is 0.268. The lowest BCUT2D eigenvalue weighted by molar-refractivity contribution is -0.130. The van der Waals surface area contributed by atoms with Crippen LogP contribution in [0.3, 0.4) is 0 Å². The van der Waals surface area contributed by atoms with Gasteiger partial charge in [0.2, 0.25) is 5.91 Å². The van der Waals surface area contributed by atoms with Crippen molar-refractivity contribution in [2.45, 2.75) is 51.6 Å². The number of rotatable bonds is 7. The molecule has 0 spiro atoms. The summed E-state index contributed by atoms with van der Waals surface area (Å²) < 4.78 is 0. The van der Waals surface area contributed by atoms with Gasteiger partial charge in [0.25, 0.3) is 0 Å². The molecule has 0 radical (unpaired) electrons. The summed E-state index contributed by atoms with van der Waals surface area (Å²) in [6, 6.07) is 4.27. The van der Waals surface area contributed by atoms with Gasteiger partial charge in [-0.3, -0.25) is 4.79 Å². The van der Waals surface area contributed by atoms with Crippen LogP contribution in [-0.2, 0) is 11.2 Å². The average molecular weight is 295 g/mol. The summed E-state index contributed by atoms with van der Waals surface area (Å²) in [5.41, 5.74) is 0. The molecule has 112 valence electrons. The quantitative estimate of drug-likeness (QED) is 0.785. The maximum absolute atomic E-state index is 12.1. The van der Waals surface area contributed by atoms with Gasteiger partial charge in [0.15, 0.2) is 0 Å². The predicted octanol–water partition coefficient (Wildman–Crippen LogP) is 3.08. The zero-order chi connectivity index (χ0) is 14.4. The summed E-state index contributed by atoms with van der Waals surface area (Å²) in [7, 11) is 0. The standard InChI is InChI=1S/C16H25NO2S/c1-13(18)14-9-10-17(12-14)16(19)8-4-2-3-6-15-7-5-11-20-15/h5,7,11,13-14,18H,2-4,6,8-10,12H2,1H3. The molecule has 1 aromatic rings. The van der Waals surface area contributed by atoms with Crippen molar-refractivity contribution in [3.05, 3.63) is 22.4 Å². The summed E-state index contributed by atoms with van der Waals surface area (Å²) in [6.07, 6.45) is 5.73. The smallest absolute Gasteiger partial charge is 0.222 e. The number of nitrogens with zero attached hydrogens (tertiary/aromatic N) is 1. The molecule has 1 saturated heterocycles. The van der Waals surface area contributed by atoms with Gasteiger partial charge in [-0.1, -0.05) is 12.5 Å². The zero-order valence-corrected chi connectivity index (χ0v) is 13.1. The molecule has 3 nitrogen and oxygen atoms in total. The molecule has 2 rings (SSSR count). The van der Waals surface area contributed by atoms with Crippen molar-refractivity contribution in [1.82, 2.24) is 4.90 Å². The number of amides is 1. The van der Waals surface area contributed by atoms with Crippen molar-refractivity contribution in [1.29, 1.82) is 0 Å². The van der Waals surface area contributed by atoms with E-state index in [0.29, 0.717) is 6.42 Å². The van der Waals surface area contributed by atoms with E-state index in [0.717, 1.165) is 38.8 Å². The van der Waals surface area contributed by atoms with Crippen LogP contribution < -0.4 is 0 Å². The van der Waals surface area contributed by atoms with Crippen molar-refractivity contribution in [3.63, 3.8) is 0 Å². The van der Waals surface area contributed by atoms with Gasteiger partial charge in [0.1, 0.15) is 0 Å². The number of carbonyl (C=O) groups excluding carboxylic acids is 1. The lowest BCUT2D eigenvalue weighted by atomic mass is 10.0. The Morgan fingerprint density at radius 2 is 2.35 bits per heavy atom. The Kier molecular flexibility index (Phi) is 6.05. The summed E-state index contributed by atoms with van der Waals surface area (Å²) in [5.74, 6) is 0.544. The van der Waals surface area contributed by atoms with Gasteiger partial charge in [-0.2, -0.15) is 0 Å². The summed E-state index contributed by atoms with van der Waals surface area (Å²) in [4.78, 5) is 15.4. The normalized spacial score (nSPS) is 20.3. The van der Waals surface area contributed by atoms with Gasteiger partial charge in [-0.05, 0) is 44.1 Å². The van der Waals surface area contributed by atoms with E-state index >= 15 is 0 Å². The number of thiophene rings is 1. The van der Waals surface area contributed by atoms with Gasteiger partial charge in [0.05, 0.1) is 6.10 Å². The van der Waals surface area contributed by atoms with Crippen LogP contribution in [0.2, 0.25) is 0 Å². The van der Waals surface area contributed by atoms with Gasteiger partial charge >= 0.3 is 0 Å². The minimum atomic E-state index is -0.293. The fraction of sp³-hybridized carbons (Fsp3) is 0.688. The summed E-state index contributed by atoms with van der Waals surface area (Å²) >= 11 is 1.81. The Morgan fingerprint density at radius 3 is 3.00 bits per heavy atom. The fourth-order valence-corrected chi connectivity index (χ4v) is 3.52. The molecular weight excluding hydrogens is 270 g/mol. The van der Waals surface area contributed by atoms with Crippen molar-refractivity contribution < 1.29 is 9.90 Å². The Labute approximate surface area is 125 Å². The van der Waals surface area contributed by atoms with E-state index in [9.17, 15) is 9.90 Å². The molecule has 1 fully saturated rings. The first kappa shape index (κ1) is 15.5. The van der Waals surface area contributed by atoms with E-state index in [4.69, 9.17) is 0 Å². The lowest BCUT2D eigenvalue weighted by Gasteiger charge is -2.17. The average Bonchev–Trinajstić information content (AvgIpc) is 3.09. The van der Waals surface area contributed by atoms with Crippen LogP contribution in [0.25, 0.3) is 0 Å². The van der Waals surface area contributed by atoms with E-state index in [-0.39, 0.29) is 17.9 Å². The van der Waals surface area contributed by atoms with Crippen LogP contribution in [0.1, 0.15) is 43.9 Å². The number of aliphatic hydroxyl groups excluding tert-OH is 1. The first-order chi connectivity index (χ1) is 9.66. The minimum Gasteiger partial charge on any atom is -0.393 e. The second kappa shape index (κ2) is 7.79. The molecule has 1 aromatic heterocycles. The van der Waals surface area contributed by atoms with Gasteiger partial charge in [0, 0.05) is 30.3 Å². The van der Waals surface area contributed by atoms with Crippen molar-refractivity contribution >= 4 is 17.2 Å². The third-order valence-electron chi connectivity index (χ3n) is 4.15. The highest BCUT2D eigenvalue weighted by Crippen LogP contribution is 2.21. The Bertz CT molecular complexity index is 403. The van der Waals surface area contributed by atoms with Crippen LogP contribution in [0, 0.1) is 5.92 Å². The van der Waals surface area contributed by atoms with Crippen molar-refractivity contribution in [3.8, 4) is 0 Å². The Morgan fingerprint density at radius 1 is 1.50 bits per heavy atom. The SMILES string of the molecule is CC(O)C1CCN(C(=O)CCCCCc2cccs2)C1. The molecule has 0 bridgehead atoms. The second-order valence-electron chi connectivity index (χ2n) is 5.77. The number of hydrogen-bond acceptors (Lipinski definition) is 3. The van der Waals surface area contributed by atoms with Crippen molar-refractivity contribution in [2.24, 2.45) is 5.92 Å². The van der Waals surface area contributed by atoms with E-state index in [2.05, 4.69) is 17.5 Å². The predicted molar refractivity (Wildman–Crippen MR) is 82.9 cm³/mol. The zero-order valence-electron chi connectivity index (χ0n) is 12.3. The number of likely N-dealkylation sites (tertiary alicyclic amines) is 1. The Hall–Kier alpha value is -0.870. The third-order valence-corrected chi connectivity index (χ3v) is 5.09.